The van der Waals surface area contributed by atoms with Crippen molar-refractivity contribution in [2.45, 2.75) is 44.6 Å². The maximum Gasteiger partial charge on any atom is 0.230 e. The van der Waals surface area contributed by atoms with Crippen LogP contribution in [-0.2, 0) is 11.3 Å². The fourth-order valence-corrected chi connectivity index (χ4v) is 4.03. The largest absolute Gasteiger partial charge is 0.481 e. The number of ether oxygens (including phenoxy) is 1. The lowest BCUT2D eigenvalue weighted by Gasteiger charge is -2.16. The number of nitrogens with zero attached hydrogens (tertiary/aromatic N) is 3. The highest BCUT2D eigenvalue weighted by atomic mass is 35.5. The Kier molecular flexibility index (Phi) is 7.76. The number of hydrogen-bond acceptors (Lipinski definition) is 5. The number of rotatable bonds is 9. The van der Waals surface area contributed by atoms with Crippen molar-refractivity contribution in [3.63, 3.8) is 0 Å². The maximum atomic E-state index is 12.4. The molecule has 0 saturated heterocycles. The van der Waals surface area contributed by atoms with Crippen LogP contribution in [0, 0.1) is 0 Å². The number of carbonyl (C=O) groups excluding carboxylic acids is 1. The molecule has 1 aromatic heterocycles. The minimum Gasteiger partial charge on any atom is -0.481 e. The highest BCUT2D eigenvalue weighted by Crippen LogP contribution is 2.29. The minimum absolute atomic E-state index is 0.0519. The molecule has 0 aliphatic rings. The third-order valence-electron chi connectivity index (χ3n) is 4.58. The molecule has 3 aromatic rings. The highest BCUT2D eigenvalue weighted by molar-refractivity contribution is 7.99. The number of benzene rings is 2. The Bertz CT molecular complexity index is 980. The molecule has 0 aliphatic carbocycles. The van der Waals surface area contributed by atoms with Crippen LogP contribution in [0.1, 0.15) is 44.3 Å². The Morgan fingerprint density at radius 2 is 1.83 bits per heavy atom. The summed E-state index contributed by atoms with van der Waals surface area (Å²) in [6.45, 7) is 6.56. The molecule has 0 radical (unpaired) electrons. The fourth-order valence-electron chi connectivity index (χ4n) is 3.03. The summed E-state index contributed by atoms with van der Waals surface area (Å²) in [4.78, 5) is 12.4. The normalized spacial score (nSPS) is 12.9. The molecule has 8 heteroatoms. The standard InChI is InChI=1S/C22H25ClN4O2S/c1-4-27-21(16(3)29-19-13-9-8-12-18(19)23)25-26-22(27)30-14-20(28)24-15(2)17-10-6-5-7-11-17/h5-13,15-16H,4,14H2,1-3H3,(H,24,28)/t15-,16+/m1/s1. The van der Waals surface area contributed by atoms with Crippen molar-refractivity contribution in [3.05, 3.63) is 71.0 Å². The number of halogens is 1. The van der Waals surface area contributed by atoms with Gasteiger partial charge in [-0.3, -0.25) is 4.79 Å². The van der Waals surface area contributed by atoms with E-state index in [1.54, 1.807) is 6.07 Å². The molecule has 1 N–H and O–H groups in total. The molecular weight excluding hydrogens is 420 g/mol. The molecule has 30 heavy (non-hydrogen) atoms. The van der Waals surface area contributed by atoms with Crippen molar-refractivity contribution in [2.75, 3.05) is 5.75 Å². The van der Waals surface area contributed by atoms with Crippen molar-refractivity contribution >= 4 is 29.3 Å². The average molecular weight is 445 g/mol. The molecule has 0 bridgehead atoms. The Hall–Kier alpha value is -2.51. The van der Waals surface area contributed by atoms with Gasteiger partial charge in [-0.1, -0.05) is 65.8 Å². The molecule has 0 fully saturated rings. The quantitative estimate of drug-likeness (QED) is 0.467. The summed E-state index contributed by atoms with van der Waals surface area (Å²) in [5.74, 6) is 1.50. The topological polar surface area (TPSA) is 69.0 Å². The van der Waals surface area contributed by atoms with E-state index in [9.17, 15) is 4.79 Å². The van der Waals surface area contributed by atoms with Crippen LogP contribution in [0.5, 0.6) is 5.75 Å². The van der Waals surface area contributed by atoms with E-state index >= 15 is 0 Å². The predicted molar refractivity (Wildman–Crippen MR) is 120 cm³/mol. The molecule has 6 nitrogen and oxygen atoms in total. The zero-order valence-corrected chi connectivity index (χ0v) is 18.8. The molecule has 3 rings (SSSR count). The summed E-state index contributed by atoms with van der Waals surface area (Å²) in [6.07, 6.45) is -0.335. The third-order valence-corrected chi connectivity index (χ3v) is 5.85. The molecular formula is C22H25ClN4O2S. The summed E-state index contributed by atoms with van der Waals surface area (Å²) in [6, 6.07) is 17.2. The second-order valence-electron chi connectivity index (χ2n) is 6.76. The van der Waals surface area contributed by atoms with Gasteiger partial charge in [-0.25, -0.2) is 0 Å². The lowest BCUT2D eigenvalue weighted by atomic mass is 10.1. The first-order valence-corrected chi connectivity index (χ1v) is 11.2. The van der Waals surface area contributed by atoms with E-state index in [1.165, 1.54) is 11.8 Å². The van der Waals surface area contributed by atoms with Crippen LogP contribution in [0.3, 0.4) is 0 Å². The Morgan fingerprint density at radius 1 is 1.13 bits per heavy atom. The molecule has 0 saturated carbocycles. The van der Waals surface area contributed by atoms with Crippen LogP contribution in [0.2, 0.25) is 5.02 Å². The van der Waals surface area contributed by atoms with E-state index in [1.807, 2.05) is 73.9 Å². The van der Waals surface area contributed by atoms with Crippen molar-refractivity contribution in [1.82, 2.24) is 20.1 Å². The lowest BCUT2D eigenvalue weighted by Crippen LogP contribution is -2.28. The third kappa shape index (κ3) is 5.55. The average Bonchev–Trinajstić information content (AvgIpc) is 3.17. The van der Waals surface area contributed by atoms with E-state index in [-0.39, 0.29) is 23.8 Å². The lowest BCUT2D eigenvalue weighted by molar-refractivity contribution is -0.119. The van der Waals surface area contributed by atoms with Gasteiger partial charge in [0.15, 0.2) is 17.1 Å². The van der Waals surface area contributed by atoms with Gasteiger partial charge in [0.05, 0.1) is 16.8 Å². The van der Waals surface area contributed by atoms with Gasteiger partial charge in [0.25, 0.3) is 0 Å². The molecule has 0 spiro atoms. The second kappa shape index (κ2) is 10.5. The van der Waals surface area contributed by atoms with Gasteiger partial charge in [0.1, 0.15) is 5.75 Å². The van der Waals surface area contributed by atoms with Gasteiger partial charge in [-0.05, 0) is 38.5 Å². The monoisotopic (exact) mass is 444 g/mol. The summed E-state index contributed by atoms with van der Waals surface area (Å²) in [5, 5.41) is 12.8. The first-order chi connectivity index (χ1) is 14.5. The summed E-state index contributed by atoms with van der Waals surface area (Å²) < 4.78 is 7.93. The van der Waals surface area contributed by atoms with Crippen molar-refractivity contribution in [3.8, 4) is 5.75 Å². The molecule has 0 aliphatic heterocycles. The Balaban J connectivity index is 1.61. The highest BCUT2D eigenvalue weighted by Gasteiger charge is 2.20. The molecule has 2 aromatic carbocycles. The van der Waals surface area contributed by atoms with Crippen molar-refractivity contribution in [1.29, 1.82) is 0 Å². The zero-order valence-electron chi connectivity index (χ0n) is 17.2. The number of carbonyl (C=O) groups is 1. The molecule has 1 heterocycles. The van der Waals surface area contributed by atoms with Crippen LogP contribution in [0.25, 0.3) is 0 Å². The minimum atomic E-state index is -0.335. The number of para-hydroxylation sites is 1. The van der Waals surface area contributed by atoms with Crippen LogP contribution in [-0.4, -0.2) is 26.4 Å². The van der Waals surface area contributed by atoms with Crippen LogP contribution in [0.4, 0.5) is 0 Å². The van der Waals surface area contributed by atoms with Gasteiger partial charge in [-0.15, -0.1) is 10.2 Å². The van der Waals surface area contributed by atoms with E-state index in [0.717, 1.165) is 5.56 Å². The first kappa shape index (κ1) is 22.2. The number of aromatic nitrogens is 3. The van der Waals surface area contributed by atoms with Gasteiger partial charge in [0.2, 0.25) is 5.91 Å². The van der Waals surface area contributed by atoms with E-state index < -0.39 is 0 Å². The number of amides is 1. The zero-order chi connectivity index (χ0) is 21.5. The molecule has 158 valence electrons. The number of hydrogen-bond donors (Lipinski definition) is 1. The Labute approximate surface area is 186 Å². The summed E-state index contributed by atoms with van der Waals surface area (Å²) in [7, 11) is 0. The number of nitrogens with one attached hydrogen (secondary N) is 1. The van der Waals surface area contributed by atoms with Gasteiger partial charge in [0, 0.05) is 6.54 Å². The van der Waals surface area contributed by atoms with Gasteiger partial charge < -0.3 is 14.6 Å². The number of thioether (sulfide) groups is 1. The van der Waals surface area contributed by atoms with E-state index in [2.05, 4.69) is 15.5 Å². The van der Waals surface area contributed by atoms with Gasteiger partial charge >= 0.3 is 0 Å². The summed E-state index contributed by atoms with van der Waals surface area (Å²) >= 11 is 7.55. The van der Waals surface area contributed by atoms with Crippen LogP contribution in [0.15, 0.2) is 59.8 Å². The first-order valence-electron chi connectivity index (χ1n) is 9.81. The Morgan fingerprint density at radius 3 is 2.53 bits per heavy atom. The molecule has 0 unspecified atom stereocenters. The predicted octanol–water partition coefficient (Wildman–Crippen LogP) is 5.06. The van der Waals surface area contributed by atoms with Crippen LogP contribution >= 0.6 is 23.4 Å². The summed E-state index contributed by atoms with van der Waals surface area (Å²) in [5.41, 5.74) is 1.07. The smallest absolute Gasteiger partial charge is 0.230 e. The maximum absolute atomic E-state index is 12.4. The van der Waals surface area contributed by atoms with E-state index in [0.29, 0.717) is 28.3 Å². The second-order valence-corrected chi connectivity index (χ2v) is 8.11. The molecule has 2 atom stereocenters. The fraction of sp³-hybridized carbons (Fsp3) is 0.318. The van der Waals surface area contributed by atoms with Gasteiger partial charge in [-0.2, -0.15) is 0 Å². The van der Waals surface area contributed by atoms with Crippen LogP contribution < -0.4 is 10.1 Å². The van der Waals surface area contributed by atoms with Crippen molar-refractivity contribution < 1.29 is 9.53 Å². The van der Waals surface area contributed by atoms with E-state index in [4.69, 9.17) is 16.3 Å². The SMILES string of the molecule is CCn1c(SCC(=O)N[C@H](C)c2ccccc2)nnc1[C@H](C)Oc1ccccc1Cl. The van der Waals surface area contributed by atoms with Crippen molar-refractivity contribution in [2.24, 2.45) is 0 Å². The molecule has 1 amide bonds.